The van der Waals surface area contributed by atoms with E-state index < -0.39 is 5.97 Å². The number of carbonyl (C=O) groups is 1. The number of thiophene rings is 1. The summed E-state index contributed by atoms with van der Waals surface area (Å²) in [6.45, 7) is 2.04. The Morgan fingerprint density at radius 2 is 2.38 bits per heavy atom. The second kappa shape index (κ2) is 4.65. The normalized spacial score (nSPS) is 10.7. The van der Waals surface area contributed by atoms with Gasteiger partial charge in [-0.05, 0) is 28.9 Å². The molecule has 0 spiro atoms. The molecule has 4 nitrogen and oxygen atoms in total. The second-order valence-electron chi connectivity index (χ2n) is 2.85. The van der Waals surface area contributed by atoms with Crippen molar-refractivity contribution in [3.05, 3.63) is 20.7 Å². The largest absolute Gasteiger partial charge is 0.461 e. The molecular formula is C9H6BrClN2O2S. The maximum Gasteiger partial charge on any atom is 0.359 e. The van der Waals surface area contributed by atoms with Crippen LogP contribution in [0.5, 0.6) is 0 Å². The quantitative estimate of drug-likeness (QED) is 0.797. The number of aromatic nitrogens is 2. The van der Waals surface area contributed by atoms with E-state index in [2.05, 4.69) is 26.1 Å². The standard InChI is InChI=1S/C9H6BrClN2O2S/c1-2-15-9(14)6-4-3-5(10)16-7(4)8(11)13-12-6/h3H,2H2,1H3. The van der Waals surface area contributed by atoms with Gasteiger partial charge in [0, 0.05) is 5.39 Å². The predicted octanol–water partition coefficient (Wildman–Crippen LogP) is 3.28. The van der Waals surface area contributed by atoms with Gasteiger partial charge in [-0.1, -0.05) is 11.6 Å². The van der Waals surface area contributed by atoms with Gasteiger partial charge >= 0.3 is 5.97 Å². The molecule has 2 aromatic rings. The molecule has 2 aromatic heterocycles. The Kier molecular flexibility index (Phi) is 3.41. The van der Waals surface area contributed by atoms with Gasteiger partial charge in [0.05, 0.1) is 15.1 Å². The lowest BCUT2D eigenvalue weighted by molar-refractivity contribution is 0.0521. The minimum Gasteiger partial charge on any atom is -0.461 e. The predicted molar refractivity (Wildman–Crippen MR) is 66.1 cm³/mol. The lowest BCUT2D eigenvalue weighted by atomic mass is 10.3. The summed E-state index contributed by atoms with van der Waals surface area (Å²) >= 11 is 10.6. The smallest absolute Gasteiger partial charge is 0.359 e. The highest BCUT2D eigenvalue weighted by atomic mass is 79.9. The summed E-state index contributed by atoms with van der Waals surface area (Å²) in [7, 11) is 0. The molecule has 0 saturated heterocycles. The zero-order valence-corrected chi connectivity index (χ0v) is 11.3. The van der Waals surface area contributed by atoms with Crippen molar-refractivity contribution in [3.63, 3.8) is 0 Å². The molecule has 0 aliphatic carbocycles. The molecule has 0 fully saturated rings. The van der Waals surface area contributed by atoms with Crippen molar-refractivity contribution in [1.82, 2.24) is 10.2 Å². The first-order chi connectivity index (χ1) is 7.63. The molecule has 0 aliphatic heterocycles. The van der Waals surface area contributed by atoms with Crippen LogP contribution in [0, 0.1) is 0 Å². The molecule has 0 saturated carbocycles. The van der Waals surface area contributed by atoms with Gasteiger partial charge in [0.1, 0.15) is 0 Å². The first kappa shape index (κ1) is 11.8. The Morgan fingerprint density at radius 3 is 3.06 bits per heavy atom. The van der Waals surface area contributed by atoms with Crippen LogP contribution in [0.4, 0.5) is 0 Å². The summed E-state index contributed by atoms with van der Waals surface area (Å²) in [6, 6.07) is 1.78. The number of carbonyl (C=O) groups excluding carboxylic acids is 1. The molecule has 0 atom stereocenters. The summed E-state index contributed by atoms with van der Waals surface area (Å²) in [6.07, 6.45) is 0. The van der Waals surface area contributed by atoms with Gasteiger partial charge in [-0.15, -0.1) is 21.5 Å². The molecule has 7 heteroatoms. The first-order valence-electron chi connectivity index (χ1n) is 4.41. The summed E-state index contributed by atoms with van der Waals surface area (Å²) in [5, 5.41) is 8.45. The second-order valence-corrected chi connectivity index (χ2v) is 5.64. The van der Waals surface area contributed by atoms with Crippen LogP contribution in [0.1, 0.15) is 17.4 Å². The Labute approximate surface area is 109 Å². The lowest BCUT2D eigenvalue weighted by Crippen LogP contribution is -2.08. The summed E-state index contributed by atoms with van der Waals surface area (Å²) < 4.78 is 6.48. The highest BCUT2D eigenvalue weighted by molar-refractivity contribution is 9.11. The van der Waals surface area contributed by atoms with E-state index in [9.17, 15) is 4.79 Å². The molecule has 2 heterocycles. The summed E-state index contributed by atoms with van der Waals surface area (Å²) in [5.74, 6) is -0.484. The highest BCUT2D eigenvalue weighted by Crippen LogP contribution is 2.34. The highest BCUT2D eigenvalue weighted by Gasteiger charge is 2.18. The number of rotatable bonds is 2. The first-order valence-corrected chi connectivity index (χ1v) is 6.40. The fraction of sp³-hybridized carbons (Fsp3) is 0.222. The van der Waals surface area contributed by atoms with E-state index in [1.807, 2.05) is 0 Å². The molecule has 0 radical (unpaired) electrons. The SMILES string of the molecule is CCOC(=O)c1nnc(Cl)c2sc(Br)cc12. The maximum absolute atomic E-state index is 11.6. The monoisotopic (exact) mass is 320 g/mol. The third-order valence-electron chi connectivity index (χ3n) is 1.85. The molecule has 16 heavy (non-hydrogen) atoms. The van der Waals surface area contributed by atoms with Crippen LogP contribution in [0.25, 0.3) is 10.1 Å². The molecule has 0 N–H and O–H groups in total. The van der Waals surface area contributed by atoms with Crippen molar-refractivity contribution in [2.75, 3.05) is 6.61 Å². The van der Waals surface area contributed by atoms with Crippen LogP contribution < -0.4 is 0 Å². The zero-order chi connectivity index (χ0) is 11.7. The number of nitrogens with zero attached hydrogens (tertiary/aromatic N) is 2. The van der Waals surface area contributed by atoms with Crippen molar-refractivity contribution in [3.8, 4) is 0 Å². The minimum atomic E-state index is -0.484. The van der Waals surface area contributed by atoms with Crippen molar-refractivity contribution < 1.29 is 9.53 Å². The van der Waals surface area contributed by atoms with E-state index in [1.54, 1.807) is 13.0 Å². The van der Waals surface area contributed by atoms with Crippen LogP contribution in [0.15, 0.2) is 9.85 Å². The fourth-order valence-corrected chi connectivity index (χ4v) is 2.97. The Balaban J connectivity index is 2.62. The molecule has 0 aliphatic rings. The topological polar surface area (TPSA) is 52.1 Å². The number of ether oxygens (including phenoxy) is 1. The number of halogens is 2. The van der Waals surface area contributed by atoms with E-state index in [0.29, 0.717) is 17.1 Å². The zero-order valence-electron chi connectivity index (χ0n) is 8.16. The van der Waals surface area contributed by atoms with Gasteiger partial charge in [-0.3, -0.25) is 0 Å². The Hall–Kier alpha value is -0.720. The summed E-state index contributed by atoms with van der Waals surface area (Å²) in [4.78, 5) is 11.6. The van der Waals surface area contributed by atoms with E-state index in [4.69, 9.17) is 16.3 Å². The summed E-state index contributed by atoms with van der Waals surface area (Å²) in [5.41, 5.74) is 0.197. The molecule has 2 rings (SSSR count). The number of fused-ring (bicyclic) bond motifs is 1. The average molecular weight is 322 g/mol. The molecule has 0 unspecified atom stereocenters. The van der Waals surface area contributed by atoms with Gasteiger partial charge in [0.2, 0.25) is 0 Å². The molecule has 84 valence electrons. The minimum absolute atomic E-state index is 0.197. The fourth-order valence-electron chi connectivity index (χ4n) is 1.23. The number of hydrogen-bond acceptors (Lipinski definition) is 5. The van der Waals surface area contributed by atoms with E-state index in [0.717, 1.165) is 8.49 Å². The van der Waals surface area contributed by atoms with E-state index >= 15 is 0 Å². The van der Waals surface area contributed by atoms with Crippen LogP contribution >= 0.6 is 38.9 Å². The van der Waals surface area contributed by atoms with Gasteiger partial charge in [0.25, 0.3) is 0 Å². The maximum atomic E-state index is 11.6. The van der Waals surface area contributed by atoms with Crippen molar-refractivity contribution in [2.45, 2.75) is 6.92 Å². The van der Waals surface area contributed by atoms with Gasteiger partial charge in [-0.2, -0.15) is 0 Å². The van der Waals surface area contributed by atoms with Gasteiger partial charge < -0.3 is 4.74 Å². The lowest BCUT2D eigenvalue weighted by Gasteiger charge is -2.01. The van der Waals surface area contributed by atoms with Crippen LogP contribution in [-0.4, -0.2) is 22.8 Å². The third-order valence-corrected chi connectivity index (χ3v) is 3.87. The molecule has 0 bridgehead atoms. The molecular weight excluding hydrogens is 316 g/mol. The van der Waals surface area contributed by atoms with E-state index in [-0.39, 0.29) is 5.69 Å². The molecule has 0 aromatic carbocycles. The Morgan fingerprint density at radius 1 is 1.62 bits per heavy atom. The number of esters is 1. The van der Waals surface area contributed by atoms with Gasteiger partial charge in [-0.25, -0.2) is 4.79 Å². The van der Waals surface area contributed by atoms with Crippen molar-refractivity contribution in [2.24, 2.45) is 0 Å². The van der Waals surface area contributed by atoms with Crippen LogP contribution in [0.2, 0.25) is 5.15 Å². The van der Waals surface area contributed by atoms with Crippen molar-refractivity contribution in [1.29, 1.82) is 0 Å². The van der Waals surface area contributed by atoms with E-state index in [1.165, 1.54) is 11.3 Å². The molecule has 0 amide bonds. The van der Waals surface area contributed by atoms with Crippen molar-refractivity contribution >= 4 is 54.9 Å². The van der Waals surface area contributed by atoms with Crippen LogP contribution in [-0.2, 0) is 4.74 Å². The van der Waals surface area contributed by atoms with Crippen LogP contribution in [0.3, 0.4) is 0 Å². The average Bonchev–Trinajstić information content (AvgIpc) is 2.61. The Bertz CT molecular complexity index is 558. The van der Waals surface area contributed by atoms with Gasteiger partial charge in [0.15, 0.2) is 10.8 Å². The third kappa shape index (κ3) is 2.05. The number of hydrogen-bond donors (Lipinski definition) is 0.